The molecule has 2 fully saturated rings. The van der Waals surface area contributed by atoms with Crippen LogP contribution in [0.1, 0.15) is 63.2 Å². The van der Waals surface area contributed by atoms with Crippen LogP contribution in [0.5, 0.6) is 0 Å². The van der Waals surface area contributed by atoms with Crippen LogP contribution in [0.25, 0.3) is 0 Å². The molecule has 138 valence electrons. The third kappa shape index (κ3) is 2.19. The lowest BCUT2D eigenvalue weighted by molar-refractivity contribution is -0.183. The summed E-state index contributed by atoms with van der Waals surface area (Å²) in [5.41, 5.74) is 0.676. The predicted octanol–water partition coefficient (Wildman–Crippen LogP) is 3.92. The summed E-state index contributed by atoms with van der Waals surface area (Å²) in [4.78, 5) is 12.7. The fraction of sp³-hybridized carbons (Fsp3) is 0.762. The molecule has 6 atom stereocenters. The fourth-order valence-corrected chi connectivity index (χ4v) is 6.89. The van der Waals surface area contributed by atoms with E-state index in [0.29, 0.717) is 17.8 Å². The zero-order valence-electron chi connectivity index (χ0n) is 15.6. The Hall–Kier alpha value is -1.29. The number of rotatable bonds is 2. The van der Waals surface area contributed by atoms with Crippen LogP contribution < -0.4 is 0 Å². The molecule has 25 heavy (non-hydrogen) atoms. The second-order valence-corrected chi connectivity index (χ2v) is 8.85. The van der Waals surface area contributed by atoms with E-state index < -0.39 is 5.41 Å². The average molecular weight is 346 g/mol. The number of fused-ring (bicyclic) bond motifs is 4. The zero-order valence-corrected chi connectivity index (χ0v) is 15.6. The van der Waals surface area contributed by atoms with E-state index in [9.17, 15) is 9.90 Å². The Kier molecular flexibility index (Phi) is 4.02. The van der Waals surface area contributed by atoms with Gasteiger partial charge in [-0.2, -0.15) is 0 Å². The fourth-order valence-electron chi connectivity index (χ4n) is 6.89. The number of hydrogen-bond acceptors (Lipinski definition) is 4. The molecule has 0 unspecified atom stereocenters. The van der Waals surface area contributed by atoms with Crippen molar-refractivity contribution in [1.82, 2.24) is 0 Å². The molecule has 1 aromatic heterocycles. The van der Waals surface area contributed by atoms with E-state index in [0.717, 1.165) is 44.3 Å². The summed E-state index contributed by atoms with van der Waals surface area (Å²) < 4.78 is 11.0. The highest BCUT2D eigenvalue weighted by molar-refractivity contribution is 5.77. The molecule has 3 aliphatic carbocycles. The molecule has 0 saturated heterocycles. The van der Waals surface area contributed by atoms with E-state index in [1.165, 1.54) is 12.7 Å². The smallest absolute Gasteiger partial charge is 0.311 e. The molecule has 0 radical (unpaired) electrons. The Morgan fingerprint density at radius 3 is 2.92 bits per heavy atom. The molecular weight excluding hydrogens is 316 g/mol. The van der Waals surface area contributed by atoms with Gasteiger partial charge >= 0.3 is 5.97 Å². The largest absolute Gasteiger partial charge is 0.469 e. The minimum absolute atomic E-state index is 0.101. The average Bonchev–Trinajstić information content (AvgIpc) is 3.10. The molecular formula is C21H30O4. The van der Waals surface area contributed by atoms with Crippen molar-refractivity contribution in [3.63, 3.8) is 0 Å². The molecule has 4 nitrogen and oxygen atoms in total. The summed E-state index contributed by atoms with van der Waals surface area (Å²) in [5.74, 6) is 2.59. The summed E-state index contributed by atoms with van der Waals surface area (Å²) in [6.45, 7) is 4.53. The van der Waals surface area contributed by atoms with Gasteiger partial charge in [-0.05, 0) is 67.9 Å². The molecule has 2 saturated carbocycles. The summed E-state index contributed by atoms with van der Waals surface area (Å²) in [7, 11) is 1.49. The van der Waals surface area contributed by atoms with Gasteiger partial charge in [0, 0.05) is 18.4 Å². The number of ether oxygens (including phenoxy) is 1. The summed E-state index contributed by atoms with van der Waals surface area (Å²) in [5, 5.41) is 10.6. The maximum absolute atomic E-state index is 12.7. The van der Waals surface area contributed by atoms with Gasteiger partial charge in [-0.1, -0.05) is 13.3 Å². The second kappa shape index (κ2) is 5.87. The van der Waals surface area contributed by atoms with E-state index in [1.54, 1.807) is 6.26 Å². The highest BCUT2D eigenvalue weighted by atomic mass is 16.5. The Labute approximate surface area is 149 Å². The molecule has 0 aliphatic heterocycles. The van der Waals surface area contributed by atoms with Crippen molar-refractivity contribution < 1.29 is 19.1 Å². The lowest BCUT2D eigenvalue weighted by Crippen LogP contribution is -2.59. The molecule has 4 rings (SSSR count). The Balaban J connectivity index is 1.77. The number of carbonyl (C=O) groups is 1. The molecule has 0 bridgehead atoms. The molecule has 0 amide bonds. The van der Waals surface area contributed by atoms with Crippen LogP contribution in [0, 0.1) is 28.6 Å². The quantitative estimate of drug-likeness (QED) is 0.825. The van der Waals surface area contributed by atoms with Gasteiger partial charge in [0.2, 0.25) is 0 Å². The van der Waals surface area contributed by atoms with Crippen LogP contribution in [-0.2, 0) is 16.0 Å². The van der Waals surface area contributed by atoms with Crippen LogP contribution in [-0.4, -0.2) is 24.8 Å². The van der Waals surface area contributed by atoms with Crippen LogP contribution in [0.4, 0.5) is 0 Å². The number of carbonyl (C=O) groups excluding carboxylic acids is 1. The Morgan fingerprint density at radius 1 is 1.40 bits per heavy atom. The van der Waals surface area contributed by atoms with Crippen molar-refractivity contribution in [3.8, 4) is 0 Å². The van der Waals surface area contributed by atoms with Gasteiger partial charge in [0.25, 0.3) is 0 Å². The molecule has 1 aromatic rings. The third-order valence-electron chi connectivity index (χ3n) is 8.11. The van der Waals surface area contributed by atoms with Crippen LogP contribution in [0.3, 0.4) is 0 Å². The van der Waals surface area contributed by atoms with Gasteiger partial charge in [-0.15, -0.1) is 0 Å². The first-order valence-corrected chi connectivity index (χ1v) is 9.73. The van der Waals surface area contributed by atoms with E-state index in [-0.39, 0.29) is 23.9 Å². The molecule has 1 heterocycles. The Morgan fingerprint density at radius 2 is 2.20 bits per heavy atom. The number of furan rings is 1. The van der Waals surface area contributed by atoms with Gasteiger partial charge < -0.3 is 14.3 Å². The molecule has 0 spiro atoms. The van der Waals surface area contributed by atoms with Gasteiger partial charge in [-0.25, -0.2) is 0 Å². The first kappa shape index (κ1) is 17.1. The van der Waals surface area contributed by atoms with E-state index in [1.807, 2.05) is 0 Å². The number of esters is 1. The maximum Gasteiger partial charge on any atom is 0.311 e. The summed E-state index contributed by atoms with van der Waals surface area (Å²) in [6, 6.07) is 2.12. The summed E-state index contributed by atoms with van der Waals surface area (Å²) in [6.07, 6.45) is 7.67. The van der Waals surface area contributed by atoms with Crippen LogP contribution in [0.15, 0.2) is 16.7 Å². The molecule has 0 aromatic carbocycles. The number of aliphatic hydroxyl groups excluding tert-OH is 1. The van der Waals surface area contributed by atoms with Crippen molar-refractivity contribution in [2.45, 2.75) is 58.3 Å². The van der Waals surface area contributed by atoms with Gasteiger partial charge in [0.05, 0.1) is 18.8 Å². The van der Waals surface area contributed by atoms with Crippen LogP contribution >= 0.6 is 0 Å². The third-order valence-corrected chi connectivity index (χ3v) is 8.11. The van der Waals surface area contributed by atoms with Gasteiger partial charge in [0.1, 0.15) is 5.76 Å². The van der Waals surface area contributed by atoms with Crippen molar-refractivity contribution in [2.75, 3.05) is 13.7 Å². The van der Waals surface area contributed by atoms with Crippen molar-refractivity contribution >= 4 is 5.97 Å². The first-order valence-electron chi connectivity index (χ1n) is 9.73. The summed E-state index contributed by atoms with van der Waals surface area (Å²) >= 11 is 0. The van der Waals surface area contributed by atoms with Crippen molar-refractivity contribution in [2.24, 2.45) is 28.6 Å². The van der Waals surface area contributed by atoms with E-state index >= 15 is 0 Å². The normalized spacial score (nSPS) is 42.9. The SMILES string of the molecule is COC(=O)[C@]1(C)CCC[C@@]2(CO)[C@H]1CC[C@H]1[C@@H](C)c3ccoc3C[C@@H]12. The van der Waals surface area contributed by atoms with Crippen molar-refractivity contribution in [3.05, 3.63) is 23.7 Å². The first-order chi connectivity index (χ1) is 12.0. The molecule has 1 N–H and O–H groups in total. The minimum atomic E-state index is -0.479. The lowest BCUT2D eigenvalue weighted by Gasteiger charge is -2.61. The predicted molar refractivity (Wildman–Crippen MR) is 94.0 cm³/mol. The molecule has 3 aliphatic rings. The van der Waals surface area contributed by atoms with E-state index in [2.05, 4.69) is 19.9 Å². The number of aliphatic hydroxyl groups is 1. The number of methoxy groups -OCH3 is 1. The lowest BCUT2D eigenvalue weighted by atomic mass is 9.43. The zero-order chi connectivity index (χ0) is 17.8. The maximum atomic E-state index is 12.7. The standard InChI is InChI=1S/C21H30O4/c1-13-14-5-6-18-20(2,19(23)24-3)8-4-9-21(18,12-22)16(14)11-17-15(13)7-10-25-17/h7,10,13-14,16,18,22H,4-6,8-9,11-12H2,1-3H3/t13-,14+,16+,18+,20-,21+/m1/s1. The van der Waals surface area contributed by atoms with Crippen LogP contribution in [0.2, 0.25) is 0 Å². The van der Waals surface area contributed by atoms with Gasteiger partial charge in [-0.3, -0.25) is 4.79 Å². The monoisotopic (exact) mass is 346 g/mol. The highest BCUT2D eigenvalue weighted by Gasteiger charge is 2.62. The van der Waals surface area contributed by atoms with Crippen molar-refractivity contribution in [1.29, 1.82) is 0 Å². The molecule has 4 heteroatoms. The second-order valence-electron chi connectivity index (χ2n) is 8.85. The van der Waals surface area contributed by atoms with E-state index in [4.69, 9.17) is 9.15 Å². The van der Waals surface area contributed by atoms with Gasteiger partial charge in [0.15, 0.2) is 0 Å². The highest BCUT2D eigenvalue weighted by Crippen LogP contribution is 2.65. The Bertz CT molecular complexity index is 665. The minimum Gasteiger partial charge on any atom is -0.469 e. The number of hydrogen-bond donors (Lipinski definition) is 1. The topological polar surface area (TPSA) is 59.7 Å².